The highest BCUT2D eigenvalue weighted by Gasteiger charge is 2.05. The van der Waals surface area contributed by atoms with Crippen LogP contribution < -0.4 is 10.6 Å². The van der Waals surface area contributed by atoms with Gasteiger partial charge in [-0.2, -0.15) is 0 Å². The lowest BCUT2D eigenvalue weighted by Gasteiger charge is -2.13. The van der Waals surface area contributed by atoms with E-state index in [-0.39, 0.29) is 5.91 Å². The van der Waals surface area contributed by atoms with Gasteiger partial charge >= 0.3 is 0 Å². The first-order valence-electron chi connectivity index (χ1n) is 6.89. The fraction of sp³-hybridized carbons (Fsp3) is 0.533. The molecule has 0 aliphatic heterocycles. The largest absolute Gasteiger partial charge is 0.508 e. The van der Waals surface area contributed by atoms with Gasteiger partial charge in [0.15, 0.2) is 0 Å². The molecule has 1 atom stereocenters. The van der Waals surface area contributed by atoms with Crippen LogP contribution in [-0.4, -0.2) is 30.1 Å². The van der Waals surface area contributed by atoms with Crippen LogP contribution in [0.1, 0.15) is 32.3 Å². The SMILES string of the molecule is CCCNC(=O)CNC(C)CCc1ccc(O)cc1. The fourth-order valence-electron chi connectivity index (χ4n) is 1.74. The highest BCUT2D eigenvalue weighted by molar-refractivity contribution is 5.77. The van der Waals surface area contributed by atoms with Crippen LogP contribution in [0.5, 0.6) is 5.75 Å². The molecule has 1 aromatic rings. The van der Waals surface area contributed by atoms with Gasteiger partial charge in [-0.25, -0.2) is 0 Å². The van der Waals surface area contributed by atoms with Crippen molar-refractivity contribution < 1.29 is 9.90 Å². The molecule has 0 saturated carbocycles. The first-order chi connectivity index (χ1) is 9.11. The monoisotopic (exact) mass is 264 g/mol. The Bertz CT molecular complexity index is 376. The van der Waals surface area contributed by atoms with Gasteiger partial charge in [-0.15, -0.1) is 0 Å². The second kappa shape index (κ2) is 8.53. The van der Waals surface area contributed by atoms with Crippen molar-refractivity contribution in [2.45, 2.75) is 39.2 Å². The van der Waals surface area contributed by atoms with Crippen molar-refractivity contribution in [3.8, 4) is 5.75 Å². The van der Waals surface area contributed by atoms with Gasteiger partial charge in [0.05, 0.1) is 6.54 Å². The molecule has 1 aromatic carbocycles. The minimum Gasteiger partial charge on any atom is -0.508 e. The van der Waals surface area contributed by atoms with E-state index in [0.717, 1.165) is 25.8 Å². The predicted molar refractivity (Wildman–Crippen MR) is 77.2 cm³/mol. The zero-order chi connectivity index (χ0) is 14.1. The minimum absolute atomic E-state index is 0.0540. The van der Waals surface area contributed by atoms with Crippen LogP contribution in [0.4, 0.5) is 0 Å². The second-order valence-corrected chi connectivity index (χ2v) is 4.84. The summed E-state index contributed by atoms with van der Waals surface area (Å²) in [6, 6.07) is 7.55. The lowest BCUT2D eigenvalue weighted by Crippen LogP contribution is -2.38. The summed E-state index contributed by atoms with van der Waals surface area (Å²) in [7, 11) is 0. The summed E-state index contributed by atoms with van der Waals surface area (Å²) in [6.07, 6.45) is 2.86. The maximum Gasteiger partial charge on any atom is 0.233 e. The minimum atomic E-state index is 0.0540. The quantitative estimate of drug-likeness (QED) is 0.671. The average Bonchev–Trinajstić information content (AvgIpc) is 2.42. The third-order valence-corrected chi connectivity index (χ3v) is 2.99. The number of nitrogens with one attached hydrogen (secondary N) is 2. The lowest BCUT2D eigenvalue weighted by atomic mass is 10.1. The number of amides is 1. The van der Waals surface area contributed by atoms with E-state index in [0.29, 0.717) is 18.3 Å². The van der Waals surface area contributed by atoms with Crippen LogP contribution in [0.25, 0.3) is 0 Å². The molecule has 4 nitrogen and oxygen atoms in total. The van der Waals surface area contributed by atoms with Crippen LogP contribution in [0, 0.1) is 0 Å². The third-order valence-electron chi connectivity index (χ3n) is 2.99. The van der Waals surface area contributed by atoms with Crippen LogP contribution in [-0.2, 0) is 11.2 Å². The summed E-state index contributed by atoms with van der Waals surface area (Å²) in [5.74, 6) is 0.348. The van der Waals surface area contributed by atoms with Crippen molar-refractivity contribution in [3.05, 3.63) is 29.8 Å². The molecule has 1 unspecified atom stereocenters. The number of phenols is 1. The second-order valence-electron chi connectivity index (χ2n) is 4.84. The number of rotatable bonds is 8. The Morgan fingerprint density at radius 2 is 2.00 bits per heavy atom. The highest BCUT2D eigenvalue weighted by Crippen LogP contribution is 2.11. The molecular formula is C15H24N2O2. The Kier molecular flexibility index (Phi) is 6.97. The van der Waals surface area contributed by atoms with Crippen molar-refractivity contribution >= 4 is 5.91 Å². The third kappa shape index (κ3) is 6.82. The molecule has 1 rings (SSSR count). The van der Waals surface area contributed by atoms with Gasteiger partial charge in [0.1, 0.15) is 5.75 Å². The topological polar surface area (TPSA) is 61.4 Å². The van der Waals surface area contributed by atoms with Crippen molar-refractivity contribution in [2.24, 2.45) is 0 Å². The van der Waals surface area contributed by atoms with E-state index in [4.69, 9.17) is 0 Å². The number of hydrogen-bond acceptors (Lipinski definition) is 3. The summed E-state index contributed by atoms with van der Waals surface area (Å²) in [5.41, 5.74) is 1.20. The Labute approximate surface area is 115 Å². The fourth-order valence-corrected chi connectivity index (χ4v) is 1.74. The Morgan fingerprint density at radius 3 is 2.63 bits per heavy atom. The maximum absolute atomic E-state index is 11.4. The Morgan fingerprint density at radius 1 is 1.32 bits per heavy atom. The standard InChI is InChI=1S/C15H24N2O2/c1-3-10-16-15(19)11-17-12(2)4-5-13-6-8-14(18)9-7-13/h6-9,12,17-18H,3-5,10-11H2,1-2H3,(H,16,19). The Hall–Kier alpha value is -1.55. The molecule has 0 bridgehead atoms. The van der Waals surface area contributed by atoms with Crippen molar-refractivity contribution in [1.82, 2.24) is 10.6 Å². The van der Waals surface area contributed by atoms with E-state index in [9.17, 15) is 9.90 Å². The van der Waals surface area contributed by atoms with Gasteiger partial charge in [0, 0.05) is 12.6 Å². The van der Waals surface area contributed by atoms with Gasteiger partial charge in [-0.3, -0.25) is 4.79 Å². The zero-order valence-electron chi connectivity index (χ0n) is 11.8. The van der Waals surface area contributed by atoms with Crippen LogP contribution in [0.15, 0.2) is 24.3 Å². The summed E-state index contributed by atoms with van der Waals surface area (Å²) in [4.78, 5) is 11.4. The molecule has 0 spiro atoms. The van der Waals surface area contributed by atoms with E-state index >= 15 is 0 Å². The molecule has 0 aliphatic carbocycles. The molecular weight excluding hydrogens is 240 g/mol. The molecule has 19 heavy (non-hydrogen) atoms. The van der Waals surface area contributed by atoms with E-state index in [1.807, 2.05) is 19.1 Å². The number of aromatic hydroxyl groups is 1. The van der Waals surface area contributed by atoms with E-state index in [1.165, 1.54) is 5.56 Å². The first-order valence-corrected chi connectivity index (χ1v) is 6.89. The molecule has 0 saturated heterocycles. The molecule has 3 N–H and O–H groups in total. The van der Waals surface area contributed by atoms with Crippen LogP contribution in [0.3, 0.4) is 0 Å². The predicted octanol–water partition coefficient (Wildman–Crippen LogP) is 1.83. The van der Waals surface area contributed by atoms with Crippen molar-refractivity contribution in [1.29, 1.82) is 0 Å². The number of aryl methyl sites for hydroxylation is 1. The van der Waals surface area contributed by atoms with Gasteiger partial charge < -0.3 is 15.7 Å². The van der Waals surface area contributed by atoms with Crippen molar-refractivity contribution in [2.75, 3.05) is 13.1 Å². The molecule has 0 aromatic heterocycles. The highest BCUT2D eigenvalue weighted by atomic mass is 16.3. The van der Waals surface area contributed by atoms with Gasteiger partial charge in [0.2, 0.25) is 5.91 Å². The molecule has 0 fully saturated rings. The van der Waals surface area contributed by atoms with Gasteiger partial charge in [0.25, 0.3) is 0 Å². The van der Waals surface area contributed by atoms with E-state index in [1.54, 1.807) is 12.1 Å². The van der Waals surface area contributed by atoms with Gasteiger partial charge in [-0.05, 0) is 43.9 Å². The molecule has 0 radical (unpaired) electrons. The maximum atomic E-state index is 11.4. The normalized spacial score (nSPS) is 12.1. The summed E-state index contributed by atoms with van der Waals surface area (Å²) >= 11 is 0. The van der Waals surface area contributed by atoms with Crippen LogP contribution >= 0.6 is 0 Å². The number of phenolic OH excluding ortho intramolecular Hbond substituents is 1. The van der Waals surface area contributed by atoms with Crippen molar-refractivity contribution in [3.63, 3.8) is 0 Å². The van der Waals surface area contributed by atoms with Crippen LogP contribution in [0.2, 0.25) is 0 Å². The molecule has 4 heteroatoms. The average molecular weight is 264 g/mol. The smallest absolute Gasteiger partial charge is 0.233 e. The molecule has 1 amide bonds. The summed E-state index contributed by atoms with van der Waals surface area (Å²) in [6.45, 7) is 5.22. The van der Waals surface area contributed by atoms with Gasteiger partial charge in [-0.1, -0.05) is 19.1 Å². The molecule has 0 heterocycles. The summed E-state index contributed by atoms with van der Waals surface area (Å²) < 4.78 is 0. The zero-order valence-corrected chi connectivity index (χ0v) is 11.8. The number of hydrogen-bond donors (Lipinski definition) is 3. The lowest BCUT2D eigenvalue weighted by molar-refractivity contribution is -0.120. The number of carbonyl (C=O) groups excluding carboxylic acids is 1. The number of carbonyl (C=O) groups is 1. The number of benzene rings is 1. The molecule has 0 aliphatic rings. The Balaban J connectivity index is 2.19. The molecule has 106 valence electrons. The first kappa shape index (κ1) is 15.5. The summed E-state index contributed by atoms with van der Waals surface area (Å²) in [5, 5.41) is 15.2. The van der Waals surface area contributed by atoms with E-state index in [2.05, 4.69) is 17.6 Å². The van der Waals surface area contributed by atoms with E-state index < -0.39 is 0 Å².